The molecule has 2 rings (SSSR count). The number of carbonyl (C=O) groups is 1. The number of nitrogens with two attached hydrogens (primary N) is 1. The molecule has 0 bridgehead atoms. The number of furan rings is 1. The molecule has 0 fully saturated rings. The summed E-state index contributed by atoms with van der Waals surface area (Å²) < 4.78 is 6.42. The van der Waals surface area contributed by atoms with Crippen LogP contribution in [-0.2, 0) is 0 Å². The quantitative estimate of drug-likeness (QED) is 0.908. The molecule has 4 nitrogen and oxygen atoms in total. The number of hydrogen-bond donors (Lipinski definition) is 2. The third-order valence-electron chi connectivity index (χ3n) is 3.10. The topological polar surface area (TPSA) is 68.3 Å². The molecule has 102 valence electrons. The Morgan fingerprint density at radius 3 is 2.79 bits per heavy atom. The molecule has 1 heterocycles. The van der Waals surface area contributed by atoms with Crippen LogP contribution in [0.2, 0.25) is 0 Å². The minimum Gasteiger partial charge on any atom is -0.450 e. The molecular formula is C14H17BrN2O2. The number of nitrogens with one attached hydrogen (secondary N) is 1. The highest BCUT2D eigenvalue weighted by molar-refractivity contribution is 9.10. The molecule has 3 N–H and O–H groups in total. The molecule has 1 aromatic carbocycles. The zero-order valence-electron chi connectivity index (χ0n) is 10.9. The lowest BCUT2D eigenvalue weighted by molar-refractivity contribution is 0.0902. The van der Waals surface area contributed by atoms with Gasteiger partial charge in [-0.25, -0.2) is 0 Å². The van der Waals surface area contributed by atoms with E-state index >= 15 is 0 Å². The van der Waals surface area contributed by atoms with Gasteiger partial charge in [0.05, 0.1) is 4.47 Å². The van der Waals surface area contributed by atoms with Crippen molar-refractivity contribution in [1.82, 2.24) is 5.32 Å². The van der Waals surface area contributed by atoms with E-state index in [9.17, 15) is 4.79 Å². The Balaban J connectivity index is 2.24. The second-order valence-electron chi connectivity index (χ2n) is 4.83. The number of hydrogen-bond acceptors (Lipinski definition) is 3. The molecule has 2 aromatic rings. The third-order valence-corrected chi connectivity index (χ3v) is 3.72. The van der Waals surface area contributed by atoms with Gasteiger partial charge in [0, 0.05) is 18.0 Å². The maximum Gasteiger partial charge on any atom is 0.287 e. The molecule has 5 heteroatoms. The summed E-state index contributed by atoms with van der Waals surface area (Å²) in [4.78, 5) is 12.1. The second-order valence-corrected chi connectivity index (χ2v) is 5.68. The van der Waals surface area contributed by atoms with E-state index in [4.69, 9.17) is 10.2 Å². The lowest BCUT2D eigenvalue weighted by Crippen LogP contribution is -2.43. The van der Waals surface area contributed by atoms with Crippen LogP contribution < -0.4 is 11.1 Å². The van der Waals surface area contributed by atoms with Crippen molar-refractivity contribution in [2.45, 2.75) is 19.9 Å². The first-order valence-corrected chi connectivity index (χ1v) is 7.01. The van der Waals surface area contributed by atoms with Gasteiger partial charge in [-0.2, -0.15) is 0 Å². The van der Waals surface area contributed by atoms with Gasteiger partial charge in [-0.05, 0) is 34.0 Å². The van der Waals surface area contributed by atoms with E-state index in [2.05, 4.69) is 21.2 Å². The lowest BCUT2D eigenvalue weighted by atomic mass is 10.0. The van der Waals surface area contributed by atoms with Gasteiger partial charge in [-0.15, -0.1) is 0 Å². The first-order valence-electron chi connectivity index (χ1n) is 6.22. The monoisotopic (exact) mass is 324 g/mol. The maximum atomic E-state index is 12.1. The zero-order valence-corrected chi connectivity index (χ0v) is 12.5. The lowest BCUT2D eigenvalue weighted by Gasteiger charge is -2.19. The molecule has 1 aromatic heterocycles. The second kappa shape index (κ2) is 5.75. The molecule has 1 amide bonds. The van der Waals surface area contributed by atoms with E-state index in [0.29, 0.717) is 17.9 Å². The van der Waals surface area contributed by atoms with E-state index in [-0.39, 0.29) is 17.9 Å². The Hall–Kier alpha value is -1.33. The predicted octanol–water partition coefficient (Wildman–Crippen LogP) is 2.91. The first kappa shape index (κ1) is 14.1. The summed E-state index contributed by atoms with van der Waals surface area (Å²) in [5.41, 5.74) is 6.33. The third kappa shape index (κ3) is 2.98. The van der Waals surface area contributed by atoms with Crippen LogP contribution in [0.3, 0.4) is 0 Å². The van der Waals surface area contributed by atoms with Crippen molar-refractivity contribution in [1.29, 1.82) is 0 Å². The fraction of sp³-hybridized carbons (Fsp3) is 0.357. The molecule has 0 aliphatic heterocycles. The van der Waals surface area contributed by atoms with Gasteiger partial charge >= 0.3 is 0 Å². The van der Waals surface area contributed by atoms with Gasteiger partial charge in [-0.1, -0.05) is 26.0 Å². The van der Waals surface area contributed by atoms with Crippen molar-refractivity contribution in [3.05, 3.63) is 34.5 Å². The Labute approximate surface area is 120 Å². The van der Waals surface area contributed by atoms with Crippen LogP contribution in [-0.4, -0.2) is 18.5 Å². The summed E-state index contributed by atoms with van der Waals surface area (Å²) in [7, 11) is 0. The van der Waals surface area contributed by atoms with Crippen LogP contribution in [0.25, 0.3) is 11.0 Å². The molecule has 0 aliphatic rings. The molecule has 0 saturated heterocycles. The largest absolute Gasteiger partial charge is 0.450 e. The molecular weight excluding hydrogens is 308 g/mol. The van der Waals surface area contributed by atoms with Crippen LogP contribution >= 0.6 is 15.9 Å². The highest BCUT2D eigenvalue weighted by Gasteiger charge is 2.19. The standard InChI is InChI=1S/C14H17BrN2O2/c1-8(2)11(7-16)17-14(18)12-6-9-4-3-5-10(15)13(9)19-12/h3-6,8,11H,7,16H2,1-2H3,(H,17,18). The van der Waals surface area contributed by atoms with Crippen LogP contribution in [0.15, 0.2) is 33.2 Å². The van der Waals surface area contributed by atoms with Crippen molar-refractivity contribution < 1.29 is 9.21 Å². The Morgan fingerprint density at radius 2 is 2.21 bits per heavy atom. The molecule has 1 atom stereocenters. The first-order chi connectivity index (χ1) is 9.02. The van der Waals surface area contributed by atoms with Gasteiger partial charge < -0.3 is 15.5 Å². The van der Waals surface area contributed by atoms with E-state index in [1.807, 2.05) is 32.0 Å². The Bertz CT molecular complexity index is 592. The average molecular weight is 325 g/mol. The normalized spacial score (nSPS) is 12.9. The summed E-state index contributed by atoms with van der Waals surface area (Å²) in [6.45, 7) is 4.45. The van der Waals surface area contributed by atoms with Gasteiger partial charge in [0.1, 0.15) is 5.58 Å². The van der Waals surface area contributed by atoms with E-state index in [1.54, 1.807) is 6.07 Å². The number of benzene rings is 1. The SMILES string of the molecule is CC(C)C(CN)NC(=O)c1cc2cccc(Br)c2o1. The summed E-state index contributed by atoms with van der Waals surface area (Å²) in [5.74, 6) is 0.360. The number of amides is 1. The summed E-state index contributed by atoms with van der Waals surface area (Å²) in [5, 5.41) is 3.79. The Kier molecular flexibility index (Phi) is 4.27. The van der Waals surface area contributed by atoms with E-state index < -0.39 is 0 Å². The Morgan fingerprint density at radius 1 is 1.47 bits per heavy atom. The van der Waals surface area contributed by atoms with E-state index in [0.717, 1.165) is 9.86 Å². The molecule has 1 unspecified atom stereocenters. The van der Waals surface area contributed by atoms with Crippen LogP contribution in [0, 0.1) is 5.92 Å². The number of carbonyl (C=O) groups excluding carboxylic acids is 1. The van der Waals surface area contributed by atoms with Gasteiger partial charge in [0.25, 0.3) is 5.91 Å². The zero-order chi connectivity index (χ0) is 14.0. The fourth-order valence-corrected chi connectivity index (χ4v) is 2.34. The fourth-order valence-electron chi connectivity index (χ4n) is 1.88. The summed E-state index contributed by atoms with van der Waals surface area (Å²) in [6.07, 6.45) is 0. The van der Waals surface area contributed by atoms with Crippen LogP contribution in [0.1, 0.15) is 24.4 Å². The van der Waals surface area contributed by atoms with Crippen molar-refractivity contribution in [2.24, 2.45) is 11.7 Å². The van der Waals surface area contributed by atoms with Crippen molar-refractivity contribution in [3.63, 3.8) is 0 Å². The number of rotatable bonds is 4. The van der Waals surface area contributed by atoms with Gasteiger partial charge in [0.15, 0.2) is 5.76 Å². The van der Waals surface area contributed by atoms with Gasteiger partial charge in [0.2, 0.25) is 0 Å². The van der Waals surface area contributed by atoms with Crippen molar-refractivity contribution in [2.75, 3.05) is 6.54 Å². The average Bonchev–Trinajstić information content (AvgIpc) is 2.80. The summed E-state index contributed by atoms with van der Waals surface area (Å²) in [6, 6.07) is 7.38. The summed E-state index contributed by atoms with van der Waals surface area (Å²) >= 11 is 3.40. The van der Waals surface area contributed by atoms with Crippen LogP contribution in [0.4, 0.5) is 0 Å². The van der Waals surface area contributed by atoms with Crippen LogP contribution in [0.5, 0.6) is 0 Å². The molecule has 19 heavy (non-hydrogen) atoms. The van der Waals surface area contributed by atoms with E-state index in [1.165, 1.54) is 0 Å². The molecule has 0 spiro atoms. The van der Waals surface area contributed by atoms with Gasteiger partial charge in [-0.3, -0.25) is 4.79 Å². The minimum absolute atomic E-state index is 0.0517. The highest BCUT2D eigenvalue weighted by Crippen LogP contribution is 2.26. The molecule has 0 radical (unpaired) electrons. The molecule has 0 aliphatic carbocycles. The number of halogens is 1. The predicted molar refractivity (Wildman–Crippen MR) is 79.1 cm³/mol. The number of para-hydroxylation sites is 1. The highest BCUT2D eigenvalue weighted by atomic mass is 79.9. The smallest absolute Gasteiger partial charge is 0.287 e. The maximum absolute atomic E-state index is 12.1. The van der Waals surface area contributed by atoms with Crippen molar-refractivity contribution >= 4 is 32.8 Å². The minimum atomic E-state index is -0.229. The number of fused-ring (bicyclic) bond motifs is 1. The van der Waals surface area contributed by atoms with Crippen molar-refractivity contribution in [3.8, 4) is 0 Å². The molecule has 0 saturated carbocycles.